The molecule has 1 fully saturated rings. The smallest absolute Gasteiger partial charge is 0.492 e. The maximum Gasteiger partial charge on any atom is 0.492 e. The monoisotopic (exact) mass is 263 g/mol. The summed E-state index contributed by atoms with van der Waals surface area (Å²) >= 11 is 0. The van der Waals surface area contributed by atoms with E-state index in [0.717, 1.165) is 12.1 Å². The highest BCUT2D eigenvalue weighted by Crippen LogP contribution is 2.23. The predicted octanol–water partition coefficient (Wildman–Crippen LogP) is 0.749. The van der Waals surface area contributed by atoms with Crippen molar-refractivity contribution in [3.8, 4) is 5.75 Å². The van der Waals surface area contributed by atoms with Crippen molar-refractivity contribution in [1.82, 2.24) is 4.90 Å². The van der Waals surface area contributed by atoms with Crippen LogP contribution in [0.2, 0.25) is 0 Å². The fourth-order valence-corrected chi connectivity index (χ4v) is 2.85. The second-order valence-corrected chi connectivity index (χ2v) is 5.30. The van der Waals surface area contributed by atoms with E-state index in [2.05, 4.69) is 11.9 Å². The first kappa shape index (κ1) is 14.4. The van der Waals surface area contributed by atoms with Gasteiger partial charge in [-0.05, 0) is 31.5 Å². The van der Waals surface area contributed by atoms with E-state index in [1.54, 1.807) is 6.07 Å². The van der Waals surface area contributed by atoms with Crippen molar-refractivity contribution in [2.24, 2.45) is 0 Å². The van der Waals surface area contributed by atoms with E-state index in [-0.39, 0.29) is 0 Å². The lowest BCUT2D eigenvalue weighted by atomic mass is 9.78. The van der Waals surface area contributed by atoms with Gasteiger partial charge in [0.15, 0.2) is 0 Å². The van der Waals surface area contributed by atoms with Gasteiger partial charge in [-0.1, -0.05) is 25.0 Å². The Kier molecular flexibility index (Phi) is 4.85. The van der Waals surface area contributed by atoms with Crippen LogP contribution in [0.25, 0.3) is 0 Å². The molecular weight excluding hydrogens is 241 g/mol. The minimum absolute atomic E-state index is 0.430. The predicted molar refractivity (Wildman–Crippen MR) is 76.5 cm³/mol. The van der Waals surface area contributed by atoms with E-state index >= 15 is 0 Å². The summed E-state index contributed by atoms with van der Waals surface area (Å²) in [7, 11) is 2.17. The van der Waals surface area contributed by atoms with Crippen molar-refractivity contribution in [2.75, 3.05) is 14.2 Å². The van der Waals surface area contributed by atoms with Crippen molar-refractivity contribution in [2.45, 2.75) is 38.3 Å². The Morgan fingerprint density at radius 1 is 1.32 bits per heavy atom. The Bertz CT molecular complexity index is 419. The number of methoxy groups -OCH3 is 1. The molecule has 0 aliphatic heterocycles. The van der Waals surface area contributed by atoms with Crippen LogP contribution in [0.4, 0.5) is 0 Å². The molecule has 0 radical (unpaired) electrons. The van der Waals surface area contributed by atoms with Crippen LogP contribution in [0.15, 0.2) is 18.2 Å². The molecule has 0 amide bonds. The highest BCUT2D eigenvalue weighted by atomic mass is 16.5. The number of ether oxygens (including phenoxy) is 1. The van der Waals surface area contributed by atoms with Crippen molar-refractivity contribution in [1.29, 1.82) is 0 Å². The molecular formula is C14H22BNO3. The lowest BCUT2D eigenvalue weighted by Crippen LogP contribution is -2.33. The minimum atomic E-state index is -1.49. The summed E-state index contributed by atoms with van der Waals surface area (Å²) in [6, 6.07) is 6.25. The summed E-state index contributed by atoms with van der Waals surface area (Å²) in [5.74, 6) is 0.516. The summed E-state index contributed by atoms with van der Waals surface area (Å²) < 4.78 is 5.13. The summed E-state index contributed by atoms with van der Waals surface area (Å²) in [6.45, 7) is 0.828. The fourth-order valence-electron chi connectivity index (χ4n) is 2.85. The van der Waals surface area contributed by atoms with Crippen LogP contribution >= 0.6 is 0 Å². The van der Waals surface area contributed by atoms with E-state index < -0.39 is 7.12 Å². The lowest BCUT2D eigenvalue weighted by Gasteiger charge is -2.24. The molecule has 0 atom stereocenters. The topological polar surface area (TPSA) is 52.9 Å². The summed E-state index contributed by atoms with van der Waals surface area (Å²) in [5.41, 5.74) is 1.51. The minimum Gasteiger partial charge on any atom is -0.497 e. The quantitative estimate of drug-likeness (QED) is 0.770. The molecule has 1 aromatic rings. The maximum absolute atomic E-state index is 9.37. The first-order valence-corrected chi connectivity index (χ1v) is 6.85. The molecule has 0 saturated heterocycles. The van der Waals surface area contributed by atoms with Gasteiger partial charge in [-0.3, -0.25) is 4.90 Å². The molecule has 1 aromatic carbocycles. The molecule has 0 heterocycles. The highest BCUT2D eigenvalue weighted by molar-refractivity contribution is 6.59. The van der Waals surface area contributed by atoms with Crippen molar-refractivity contribution in [3.63, 3.8) is 0 Å². The largest absolute Gasteiger partial charge is 0.497 e. The SMILES string of the molecule is COc1ccc(CN(C)C2CCCC2)cc1B(O)O. The molecule has 0 aromatic heterocycles. The van der Waals surface area contributed by atoms with Crippen LogP contribution < -0.4 is 10.2 Å². The van der Waals surface area contributed by atoms with Crippen LogP contribution in [0.5, 0.6) is 5.75 Å². The van der Waals surface area contributed by atoms with Crippen LogP contribution in [-0.2, 0) is 6.54 Å². The van der Waals surface area contributed by atoms with Gasteiger partial charge in [-0.2, -0.15) is 0 Å². The number of rotatable bonds is 5. The number of hydrogen-bond acceptors (Lipinski definition) is 4. The van der Waals surface area contributed by atoms with Crippen LogP contribution in [0.3, 0.4) is 0 Å². The van der Waals surface area contributed by atoms with Crippen LogP contribution in [0.1, 0.15) is 31.2 Å². The molecule has 2 N–H and O–H groups in total. The molecule has 0 spiro atoms. The molecule has 4 nitrogen and oxygen atoms in total. The number of benzene rings is 1. The molecule has 5 heteroatoms. The Balaban J connectivity index is 2.09. The Morgan fingerprint density at radius 2 is 2.00 bits per heavy atom. The van der Waals surface area contributed by atoms with Gasteiger partial charge >= 0.3 is 7.12 Å². The molecule has 19 heavy (non-hydrogen) atoms. The van der Waals surface area contributed by atoms with Gasteiger partial charge in [-0.25, -0.2) is 0 Å². The summed E-state index contributed by atoms with van der Waals surface area (Å²) in [5, 5.41) is 18.7. The third kappa shape index (κ3) is 3.50. The van der Waals surface area contributed by atoms with E-state index in [4.69, 9.17) is 4.74 Å². The highest BCUT2D eigenvalue weighted by Gasteiger charge is 2.21. The van der Waals surface area contributed by atoms with E-state index in [0.29, 0.717) is 17.3 Å². The third-order valence-corrected chi connectivity index (χ3v) is 3.95. The number of nitrogens with zero attached hydrogens (tertiary/aromatic N) is 1. The van der Waals surface area contributed by atoms with E-state index in [1.165, 1.54) is 32.8 Å². The average molecular weight is 263 g/mol. The van der Waals surface area contributed by atoms with Crippen LogP contribution in [-0.4, -0.2) is 42.3 Å². The molecule has 1 aliphatic rings. The van der Waals surface area contributed by atoms with Crippen LogP contribution in [0, 0.1) is 0 Å². The molecule has 2 rings (SSSR count). The lowest BCUT2D eigenvalue weighted by molar-refractivity contribution is 0.237. The van der Waals surface area contributed by atoms with Crippen molar-refractivity contribution < 1.29 is 14.8 Å². The zero-order valence-electron chi connectivity index (χ0n) is 11.7. The second-order valence-electron chi connectivity index (χ2n) is 5.30. The average Bonchev–Trinajstić information content (AvgIpc) is 2.92. The molecule has 1 aliphatic carbocycles. The van der Waals surface area contributed by atoms with Gasteiger partial charge in [0, 0.05) is 18.0 Å². The molecule has 0 unspecified atom stereocenters. The van der Waals surface area contributed by atoms with Gasteiger partial charge in [0.2, 0.25) is 0 Å². The van der Waals surface area contributed by atoms with E-state index in [1.807, 2.05) is 12.1 Å². The molecule has 0 bridgehead atoms. The van der Waals surface area contributed by atoms with Gasteiger partial charge in [0.05, 0.1) is 7.11 Å². The first-order valence-electron chi connectivity index (χ1n) is 6.85. The van der Waals surface area contributed by atoms with Gasteiger partial charge in [0.25, 0.3) is 0 Å². The summed E-state index contributed by atoms with van der Waals surface area (Å²) in [4.78, 5) is 2.35. The van der Waals surface area contributed by atoms with Crippen molar-refractivity contribution >= 4 is 12.6 Å². The normalized spacial score (nSPS) is 16.1. The Labute approximate surface area is 115 Å². The fraction of sp³-hybridized carbons (Fsp3) is 0.571. The standard InChI is InChI=1S/C14H22BNO3/c1-16(12-5-3-4-6-12)10-11-7-8-14(19-2)13(9-11)15(17)18/h7-9,12,17-18H,3-6,10H2,1-2H3. The van der Waals surface area contributed by atoms with Gasteiger partial charge in [-0.15, -0.1) is 0 Å². The second kappa shape index (κ2) is 6.41. The van der Waals surface area contributed by atoms with Crippen molar-refractivity contribution in [3.05, 3.63) is 23.8 Å². The zero-order valence-corrected chi connectivity index (χ0v) is 11.7. The first-order chi connectivity index (χ1) is 9.11. The third-order valence-electron chi connectivity index (χ3n) is 3.95. The summed E-state index contributed by atoms with van der Waals surface area (Å²) in [6.07, 6.45) is 5.17. The molecule has 104 valence electrons. The van der Waals surface area contributed by atoms with E-state index in [9.17, 15) is 10.0 Å². The van der Waals surface area contributed by atoms with Gasteiger partial charge in [0.1, 0.15) is 5.75 Å². The maximum atomic E-state index is 9.37. The Hall–Kier alpha value is -1.04. The molecule has 1 saturated carbocycles. The zero-order chi connectivity index (χ0) is 13.8. The Morgan fingerprint density at radius 3 is 2.58 bits per heavy atom. The number of hydrogen-bond donors (Lipinski definition) is 2. The van der Waals surface area contributed by atoms with Gasteiger partial charge < -0.3 is 14.8 Å².